The second-order valence-electron chi connectivity index (χ2n) is 8.50. The van der Waals surface area contributed by atoms with Crippen LogP contribution in [0.15, 0.2) is 65.3 Å². The van der Waals surface area contributed by atoms with Crippen molar-refractivity contribution in [1.29, 1.82) is 0 Å². The van der Waals surface area contributed by atoms with E-state index in [0.29, 0.717) is 22.5 Å². The third-order valence-corrected chi connectivity index (χ3v) is 6.23. The van der Waals surface area contributed by atoms with Crippen LogP contribution in [0.25, 0.3) is 27.7 Å². The Kier molecular flexibility index (Phi) is 5.61. The molecule has 0 unspecified atom stereocenters. The molecule has 176 valence electrons. The molecule has 5 aromatic rings. The molecular weight excluding hydrogens is 442 g/mol. The molecule has 0 aliphatic carbocycles. The summed E-state index contributed by atoms with van der Waals surface area (Å²) < 4.78 is 12.9. The molecule has 2 heterocycles. The quantitative estimate of drug-likeness (QED) is 0.314. The predicted molar refractivity (Wildman–Crippen MR) is 135 cm³/mol. The van der Waals surface area contributed by atoms with E-state index in [1.165, 1.54) is 0 Å². The average molecular weight is 468 g/mol. The third kappa shape index (κ3) is 3.95. The first-order valence-electron chi connectivity index (χ1n) is 11.4. The number of hydrogen-bond donors (Lipinski definition) is 1. The van der Waals surface area contributed by atoms with Crippen LogP contribution in [-0.2, 0) is 4.74 Å². The summed E-state index contributed by atoms with van der Waals surface area (Å²) in [6.45, 7) is 7.95. The fourth-order valence-electron chi connectivity index (χ4n) is 4.21. The van der Waals surface area contributed by atoms with Gasteiger partial charge in [0.15, 0.2) is 5.76 Å². The van der Waals surface area contributed by atoms with Crippen molar-refractivity contribution in [2.75, 3.05) is 11.9 Å². The fraction of sp³-hybridized carbons (Fsp3) is 0.179. The number of fused-ring (bicyclic) bond motifs is 2. The number of nitrogens with zero attached hydrogens (tertiary/aromatic N) is 2. The van der Waals surface area contributed by atoms with Crippen LogP contribution in [0.2, 0.25) is 0 Å². The van der Waals surface area contributed by atoms with Crippen LogP contribution in [-0.4, -0.2) is 28.0 Å². The van der Waals surface area contributed by atoms with Crippen molar-refractivity contribution < 1.29 is 18.7 Å². The molecule has 3 aromatic carbocycles. The lowest BCUT2D eigenvalue weighted by atomic mass is 10.1. The molecule has 0 spiro atoms. The number of aryl methyl sites for hydroxylation is 3. The Morgan fingerprint density at radius 2 is 1.80 bits per heavy atom. The summed E-state index contributed by atoms with van der Waals surface area (Å²) in [5.74, 6) is -0.644. The van der Waals surface area contributed by atoms with Gasteiger partial charge in [0.25, 0.3) is 5.91 Å². The van der Waals surface area contributed by atoms with E-state index in [-0.39, 0.29) is 12.4 Å². The third-order valence-electron chi connectivity index (χ3n) is 6.23. The molecule has 0 atom stereocenters. The number of nitrogens with one attached hydrogen (secondary N) is 1. The monoisotopic (exact) mass is 467 g/mol. The van der Waals surface area contributed by atoms with Crippen molar-refractivity contribution in [3.8, 4) is 5.69 Å². The highest BCUT2D eigenvalue weighted by molar-refractivity contribution is 6.08. The molecule has 1 N–H and O–H groups in total. The van der Waals surface area contributed by atoms with Gasteiger partial charge in [-0.15, -0.1) is 0 Å². The summed E-state index contributed by atoms with van der Waals surface area (Å²) in [6, 6.07) is 16.7. The highest BCUT2D eigenvalue weighted by atomic mass is 16.5. The molecule has 35 heavy (non-hydrogen) atoms. The largest absolute Gasteiger partial charge is 0.462 e. The van der Waals surface area contributed by atoms with Gasteiger partial charge in [0.05, 0.1) is 34.6 Å². The second-order valence-corrected chi connectivity index (χ2v) is 8.50. The van der Waals surface area contributed by atoms with Gasteiger partial charge in [0, 0.05) is 10.9 Å². The summed E-state index contributed by atoms with van der Waals surface area (Å²) in [4.78, 5) is 30.3. The molecule has 7 nitrogen and oxygen atoms in total. The van der Waals surface area contributed by atoms with Gasteiger partial charge in [0.1, 0.15) is 11.9 Å². The Balaban J connectivity index is 1.62. The lowest BCUT2D eigenvalue weighted by Gasteiger charge is -2.14. The van der Waals surface area contributed by atoms with Crippen LogP contribution >= 0.6 is 0 Å². The number of benzene rings is 3. The number of carbonyl (C=O) groups is 2. The van der Waals surface area contributed by atoms with Gasteiger partial charge in [0.2, 0.25) is 0 Å². The zero-order valence-corrected chi connectivity index (χ0v) is 20.0. The van der Waals surface area contributed by atoms with Crippen molar-refractivity contribution in [3.63, 3.8) is 0 Å². The second kappa shape index (κ2) is 8.76. The summed E-state index contributed by atoms with van der Waals surface area (Å²) >= 11 is 0. The highest BCUT2D eigenvalue weighted by Crippen LogP contribution is 2.30. The molecule has 0 fully saturated rings. The zero-order valence-electron chi connectivity index (χ0n) is 20.0. The Hall–Kier alpha value is -4.39. The molecule has 0 aliphatic heterocycles. The number of carbonyl (C=O) groups excluding carboxylic acids is 2. The van der Waals surface area contributed by atoms with E-state index < -0.39 is 11.9 Å². The normalized spacial score (nSPS) is 11.2. The molecule has 0 saturated carbocycles. The van der Waals surface area contributed by atoms with Gasteiger partial charge in [-0.05, 0) is 75.2 Å². The number of para-hydroxylation sites is 1. The molecule has 0 saturated heterocycles. The standard InChI is InChI=1S/C28H25N3O4/c1-5-34-28(33)19-10-11-23(31-15-29-21-12-16(2)17(3)13-24(21)31)22(14-19)30-27(32)26-18(4)20-8-6-7-9-25(20)35-26/h6-15H,5H2,1-4H3,(H,30,32). The first-order chi connectivity index (χ1) is 16.9. The maximum absolute atomic E-state index is 13.3. The van der Waals surface area contributed by atoms with Crippen LogP contribution < -0.4 is 5.32 Å². The van der Waals surface area contributed by atoms with Crippen molar-refractivity contribution >= 4 is 39.6 Å². The Bertz CT molecular complexity index is 1610. The topological polar surface area (TPSA) is 86.4 Å². The smallest absolute Gasteiger partial charge is 0.338 e. The van der Waals surface area contributed by atoms with Crippen LogP contribution in [0.5, 0.6) is 0 Å². The Morgan fingerprint density at radius 1 is 1.03 bits per heavy atom. The molecule has 0 aliphatic rings. The van der Waals surface area contributed by atoms with E-state index in [0.717, 1.165) is 33.1 Å². The van der Waals surface area contributed by atoms with Gasteiger partial charge >= 0.3 is 5.97 Å². The summed E-state index contributed by atoms with van der Waals surface area (Å²) in [5, 5.41) is 3.84. The van der Waals surface area contributed by atoms with Gasteiger partial charge in [-0.2, -0.15) is 0 Å². The molecule has 0 radical (unpaired) electrons. The van der Waals surface area contributed by atoms with Gasteiger partial charge in [-0.25, -0.2) is 9.78 Å². The van der Waals surface area contributed by atoms with Crippen LogP contribution in [0, 0.1) is 20.8 Å². The van der Waals surface area contributed by atoms with Crippen LogP contribution in [0.3, 0.4) is 0 Å². The van der Waals surface area contributed by atoms with E-state index in [2.05, 4.69) is 16.4 Å². The zero-order chi connectivity index (χ0) is 24.7. The van der Waals surface area contributed by atoms with E-state index in [1.54, 1.807) is 31.5 Å². The maximum atomic E-state index is 13.3. The first kappa shape index (κ1) is 22.4. The molecule has 7 heteroatoms. The molecule has 0 bridgehead atoms. The lowest BCUT2D eigenvalue weighted by molar-refractivity contribution is 0.0526. The number of furan rings is 1. The van der Waals surface area contributed by atoms with Crippen molar-refractivity contribution in [1.82, 2.24) is 9.55 Å². The lowest BCUT2D eigenvalue weighted by Crippen LogP contribution is -2.15. The SMILES string of the molecule is CCOC(=O)c1ccc(-n2cnc3cc(C)c(C)cc32)c(NC(=O)c2oc3ccccc3c2C)c1. The molecular formula is C28H25N3O4. The first-order valence-corrected chi connectivity index (χ1v) is 11.4. The number of anilines is 1. The molecule has 2 aromatic heterocycles. The van der Waals surface area contributed by atoms with Crippen molar-refractivity contribution in [2.24, 2.45) is 0 Å². The van der Waals surface area contributed by atoms with E-state index >= 15 is 0 Å². The van der Waals surface area contributed by atoms with Gasteiger partial charge in [-0.3, -0.25) is 9.36 Å². The Morgan fingerprint density at radius 3 is 2.57 bits per heavy atom. The minimum atomic E-state index is -0.462. The number of amides is 1. The minimum absolute atomic E-state index is 0.223. The van der Waals surface area contributed by atoms with Gasteiger partial charge in [-0.1, -0.05) is 18.2 Å². The fourth-order valence-corrected chi connectivity index (χ4v) is 4.21. The number of imidazole rings is 1. The van der Waals surface area contributed by atoms with Crippen molar-refractivity contribution in [3.05, 3.63) is 88.9 Å². The number of rotatable bonds is 5. The summed E-state index contributed by atoms with van der Waals surface area (Å²) in [6.07, 6.45) is 1.71. The van der Waals surface area contributed by atoms with Crippen LogP contribution in [0.1, 0.15) is 44.5 Å². The Labute approximate surface area is 202 Å². The van der Waals surface area contributed by atoms with E-state index in [9.17, 15) is 9.59 Å². The van der Waals surface area contributed by atoms with Crippen LogP contribution in [0.4, 0.5) is 5.69 Å². The number of aromatic nitrogens is 2. The van der Waals surface area contributed by atoms with E-state index in [1.807, 2.05) is 55.7 Å². The summed E-state index contributed by atoms with van der Waals surface area (Å²) in [5.41, 5.74) is 6.86. The highest BCUT2D eigenvalue weighted by Gasteiger charge is 2.21. The molecule has 1 amide bonds. The predicted octanol–water partition coefficient (Wildman–Crippen LogP) is 6.13. The van der Waals surface area contributed by atoms with Crippen molar-refractivity contribution in [2.45, 2.75) is 27.7 Å². The average Bonchev–Trinajstić information content (AvgIpc) is 3.40. The maximum Gasteiger partial charge on any atom is 0.338 e. The number of ether oxygens (including phenoxy) is 1. The minimum Gasteiger partial charge on any atom is -0.462 e. The number of esters is 1. The number of hydrogen-bond acceptors (Lipinski definition) is 5. The van der Waals surface area contributed by atoms with Gasteiger partial charge < -0.3 is 14.5 Å². The summed E-state index contributed by atoms with van der Waals surface area (Å²) in [7, 11) is 0. The molecule has 5 rings (SSSR count). The van der Waals surface area contributed by atoms with E-state index in [4.69, 9.17) is 9.15 Å².